The van der Waals surface area contributed by atoms with Crippen molar-refractivity contribution in [2.24, 2.45) is 5.73 Å². The van der Waals surface area contributed by atoms with Gasteiger partial charge in [0.2, 0.25) is 0 Å². The fourth-order valence-corrected chi connectivity index (χ4v) is 1.43. The number of primary amides is 1. The van der Waals surface area contributed by atoms with Crippen LogP contribution in [0.25, 0.3) is 5.82 Å². The predicted molar refractivity (Wildman–Crippen MR) is 66.1 cm³/mol. The van der Waals surface area contributed by atoms with Crippen LogP contribution in [0.2, 0.25) is 0 Å². The Bertz CT molecular complexity index is 650. The molecule has 0 aliphatic heterocycles. The summed E-state index contributed by atoms with van der Waals surface area (Å²) in [6.07, 6.45) is 2.62. The average Bonchev–Trinajstić information content (AvgIpc) is 2.87. The molecule has 0 bridgehead atoms. The van der Waals surface area contributed by atoms with Crippen LogP contribution < -0.4 is 11.1 Å². The van der Waals surface area contributed by atoms with E-state index in [9.17, 15) is 14.9 Å². The first-order chi connectivity index (χ1) is 9.01. The topological polar surface area (TPSA) is 129 Å². The highest BCUT2D eigenvalue weighted by Crippen LogP contribution is 2.19. The number of pyridine rings is 1. The van der Waals surface area contributed by atoms with Crippen LogP contribution in [0.1, 0.15) is 10.4 Å². The summed E-state index contributed by atoms with van der Waals surface area (Å²) in [5, 5.41) is 17.4. The van der Waals surface area contributed by atoms with Crippen molar-refractivity contribution in [2.45, 2.75) is 0 Å². The van der Waals surface area contributed by atoms with Gasteiger partial charge in [0.05, 0.1) is 28.8 Å². The van der Waals surface area contributed by atoms with Crippen molar-refractivity contribution in [1.29, 1.82) is 0 Å². The monoisotopic (exact) mass is 262 g/mol. The van der Waals surface area contributed by atoms with Crippen LogP contribution in [0.4, 0.5) is 11.5 Å². The summed E-state index contributed by atoms with van der Waals surface area (Å²) in [5.74, 6) is -0.100. The number of nitrogens with zero attached hydrogens (tertiary/aromatic N) is 4. The molecule has 0 saturated heterocycles. The molecule has 2 rings (SSSR count). The van der Waals surface area contributed by atoms with Crippen molar-refractivity contribution < 1.29 is 9.72 Å². The normalized spacial score (nSPS) is 10.2. The summed E-state index contributed by atoms with van der Waals surface area (Å²) in [7, 11) is 1.59. The Morgan fingerprint density at radius 2 is 2.26 bits per heavy atom. The molecule has 0 aliphatic carbocycles. The van der Waals surface area contributed by atoms with Crippen LogP contribution in [-0.4, -0.2) is 32.6 Å². The molecule has 1 amide bonds. The van der Waals surface area contributed by atoms with Crippen molar-refractivity contribution in [3.05, 3.63) is 40.2 Å². The highest BCUT2D eigenvalue weighted by atomic mass is 16.6. The molecular formula is C10H10N6O3. The molecule has 9 nitrogen and oxygen atoms in total. The lowest BCUT2D eigenvalue weighted by Crippen LogP contribution is -2.09. The molecule has 9 heteroatoms. The van der Waals surface area contributed by atoms with Gasteiger partial charge in [0.1, 0.15) is 5.82 Å². The van der Waals surface area contributed by atoms with Crippen LogP contribution in [-0.2, 0) is 0 Å². The van der Waals surface area contributed by atoms with Crippen LogP contribution in [0.3, 0.4) is 0 Å². The fraction of sp³-hybridized carbons (Fsp3) is 0.100. The second-order valence-corrected chi connectivity index (χ2v) is 3.61. The maximum atomic E-state index is 11.0. The molecule has 2 aromatic heterocycles. The molecule has 0 spiro atoms. The molecule has 98 valence electrons. The van der Waals surface area contributed by atoms with E-state index in [2.05, 4.69) is 15.4 Å². The van der Waals surface area contributed by atoms with Gasteiger partial charge in [-0.2, -0.15) is 5.10 Å². The van der Waals surface area contributed by atoms with E-state index in [1.165, 1.54) is 29.2 Å². The van der Waals surface area contributed by atoms with Gasteiger partial charge in [-0.15, -0.1) is 0 Å². The molecular weight excluding hydrogens is 252 g/mol. The number of aromatic nitrogens is 3. The Morgan fingerprint density at radius 3 is 2.79 bits per heavy atom. The molecule has 0 saturated carbocycles. The van der Waals surface area contributed by atoms with Crippen LogP contribution in [0.5, 0.6) is 0 Å². The first kappa shape index (κ1) is 12.5. The smallest absolute Gasteiger partial charge is 0.276 e. The Balaban J connectivity index is 2.50. The maximum Gasteiger partial charge on any atom is 0.276 e. The summed E-state index contributed by atoms with van der Waals surface area (Å²) in [5.41, 5.74) is 5.17. The van der Waals surface area contributed by atoms with E-state index in [1.807, 2.05) is 0 Å². The molecule has 2 aromatic rings. The van der Waals surface area contributed by atoms with Gasteiger partial charge < -0.3 is 11.1 Å². The lowest BCUT2D eigenvalue weighted by Gasteiger charge is -2.04. The number of hydrogen-bond acceptors (Lipinski definition) is 6. The van der Waals surface area contributed by atoms with E-state index in [4.69, 9.17) is 5.73 Å². The van der Waals surface area contributed by atoms with E-state index < -0.39 is 10.8 Å². The average molecular weight is 262 g/mol. The number of rotatable bonds is 4. The van der Waals surface area contributed by atoms with Gasteiger partial charge in [0.15, 0.2) is 5.82 Å². The summed E-state index contributed by atoms with van der Waals surface area (Å²) < 4.78 is 1.24. The predicted octanol–water partition coefficient (Wildman–Crippen LogP) is 0.316. The highest BCUT2D eigenvalue weighted by molar-refractivity contribution is 5.92. The third-order valence-electron chi connectivity index (χ3n) is 2.37. The zero-order chi connectivity index (χ0) is 14.0. The third kappa shape index (κ3) is 2.49. The molecule has 19 heavy (non-hydrogen) atoms. The number of nitrogens with two attached hydrogens (primary N) is 1. The fourth-order valence-electron chi connectivity index (χ4n) is 1.43. The quantitative estimate of drug-likeness (QED) is 0.602. The Labute approximate surface area is 107 Å². The van der Waals surface area contributed by atoms with Crippen LogP contribution in [0.15, 0.2) is 24.5 Å². The minimum absolute atomic E-state index is 0.134. The molecule has 2 heterocycles. The van der Waals surface area contributed by atoms with Crippen molar-refractivity contribution >= 4 is 17.4 Å². The maximum absolute atomic E-state index is 11.0. The first-order valence-electron chi connectivity index (χ1n) is 5.20. The molecule has 0 aromatic carbocycles. The zero-order valence-corrected chi connectivity index (χ0v) is 9.90. The summed E-state index contributed by atoms with van der Waals surface area (Å²) in [4.78, 5) is 25.4. The Morgan fingerprint density at radius 1 is 1.53 bits per heavy atom. The number of nitrogens with one attached hydrogen (secondary N) is 1. The summed E-state index contributed by atoms with van der Waals surface area (Å²) in [6.45, 7) is 0. The van der Waals surface area contributed by atoms with E-state index in [1.54, 1.807) is 7.05 Å². The van der Waals surface area contributed by atoms with Crippen LogP contribution >= 0.6 is 0 Å². The second kappa shape index (κ2) is 4.72. The van der Waals surface area contributed by atoms with Gasteiger partial charge in [0, 0.05) is 13.2 Å². The van der Waals surface area contributed by atoms with Gasteiger partial charge in [-0.25, -0.2) is 9.67 Å². The molecule has 0 unspecified atom stereocenters. The number of hydrogen-bond donors (Lipinski definition) is 2. The third-order valence-corrected chi connectivity index (χ3v) is 2.37. The van der Waals surface area contributed by atoms with Gasteiger partial charge in [-0.3, -0.25) is 14.9 Å². The van der Waals surface area contributed by atoms with Gasteiger partial charge >= 0.3 is 0 Å². The first-order valence-corrected chi connectivity index (χ1v) is 5.20. The van der Waals surface area contributed by atoms with Crippen molar-refractivity contribution in [3.8, 4) is 5.82 Å². The minimum atomic E-state index is -0.634. The van der Waals surface area contributed by atoms with Crippen LogP contribution in [0, 0.1) is 10.1 Å². The number of amides is 1. The molecule has 0 radical (unpaired) electrons. The standard InChI is InChI=1S/C10H10N6O3/c1-12-8-2-7(16(18)19)3-9(14-8)15-5-6(4-13-15)10(11)17/h2-5H,1H3,(H2,11,17)(H,12,14). The number of nitro groups is 1. The Hall–Kier alpha value is -2.97. The molecule has 0 fully saturated rings. The molecule has 0 atom stereocenters. The summed E-state index contributed by atoms with van der Waals surface area (Å²) >= 11 is 0. The van der Waals surface area contributed by atoms with E-state index in [-0.39, 0.29) is 17.1 Å². The number of carbonyl (C=O) groups excluding carboxylic acids is 1. The number of anilines is 1. The SMILES string of the molecule is CNc1cc([N+](=O)[O-])cc(-n2cc(C(N)=O)cn2)n1. The van der Waals surface area contributed by atoms with E-state index in [0.29, 0.717) is 5.82 Å². The van der Waals surface area contributed by atoms with Crippen molar-refractivity contribution in [2.75, 3.05) is 12.4 Å². The second-order valence-electron chi connectivity index (χ2n) is 3.61. The largest absolute Gasteiger partial charge is 0.373 e. The number of carbonyl (C=O) groups is 1. The lowest BCUT2D eigenvalue weighted by molar-refractivity contribution is -0.384. The highest BCUT2D eigenvalue weighted by Gasteiger charge is 2.13. The van der Waals surface area contributed by atoms with Crippen molar-refractivity contribution in [1.82, 2.24) is 14.8 Å². The molecule has 3 N–H and O–H groups in total. The van der Waals surface area contributed by atoms with E-state index in [0.717, 1.165) is 0 Å². The summed E-state index contributed by atoms with van der Waals surface area (Å²) in [6, 6.07) is 2.54. The Kier molecular flexibility index (Phi) is 3.10. The molecule has 0 aliphatic rings. The van der Waals surface area contributed by atoms with Gasteiger partial charge in [-0.1, -0.05) is 0 Å². The lowest BCUT2D eigenvalue weighted by atomic mass is 10.3. The minimum Gasteiger partial charge on any atom is -0.373 e. The van der Waals surface area contributed by atoms with Crippen molar-refractivity contribution in [3.63, 3.8) is 0 Å². The van der Waals surface area contributed by atoms with Gasteiger partial charge in [0.25, 0.3) is 11.6 Å². The van der Waals surface area contributed by atoms with Gasteiger partial charge in [-0.05, 0) is 0 Å². The zero-order valence-electron chi connectivity index (χ0n) is 9.90. The van der Waals surface area contributed by atoms with E-state index >= 15 is 0 Å².